The molecule has 0 bridgehead atoms. The van der Waals surface area contributed by atoms with Crippen LogP contribution in [0.2, 0.25) is 0 Å². The maximum atomic E-state index is 14.3. The average Bonchev–Trinajstić information content (AvgIpc) is 3.64. The molecule has 2 heterocycles. The third-order valence-electron chi connectivity index (χ3n) is 10.1. The molecule has 0 radical (unpaired) electrons. The van der Waals surface area contributed by atoms with Crippen molar-refractivity contribution in [3.63, 3.8) is 0 Å². The molecule has 10 heteroatoms. The summed E-state index contributed by atoms with van der Waals surface area (Å²) >= 11 is 0. The third-order valence-corrected chi connectivity index (χ3v) is 10.1. The van der Waals surface area contributed by atoms with E-state index >= 15 is 0 Å². The van der Waals surface area contributed by atoms with E-state index in [4.69, 9.17) is 13.9 Å². The second-order valence-electron chi connectivity index (χ2n) is 12.5. The van der Waals surface area contributed by atoms with Crippen LogP contribution in [-0.4, -0.2) is 47.7 Å². The highest BCUT2D eigenvalue weighted by Gasteiger charge is 2.56. The summed E-state index contributed by atoms with van der Waals surface area (Å²) in [5.74, 6) is -3.25. The van der Waals surface area contributed by atoms with Gasteiger partial charge in [0.15, 0.2) is 28.6 Å². The van der Waals surface area contributed by atoms with Crippen molar-refractivity contribution in [3.05, 3.63) is 101 Å². The molecule has 1 N–H and O–H groups in total. The number of fused-ring (bicyclic) bond motifs is 4. The second-order valence-corrected chi connectivity index (χ2v) is 12.5. The molecule has 10 nitrogen and oxygen atoms in total. The largest absolute Gasteiger partial charge is 0.502 e. The summed E-state index contributed by atoms with van der Waals surface area (Å²) in [6.07, 6.45) is 3.75. The number of ether oxygens (including phenoxy) is 2. The maximum absolute atomic E-state index is 14.3. The van der Waals surface area contributed by atoms with Gasteiger partial charge in [-0.1, -0.05) is 23.8 Å². The van der Waals surface area contributed by atoms with Crippen molar-refractivity contribution in [2.45, 2.75) is 25.7 Å². The van der Waals surface area contributed by atoms with Crippen LogP contribution in [0.3, 0.4) is 0 Å². The molecule has 48 heavy (non-hydrogen) atoms. The van der Waals surface area contributed by atoms with Gasteiger partial charge in [0.25, 0.3) is 0 Å². The predicted octanol–water partition coefficient (Wildman–Crippen LogP) is 5.85. The molecule has 4 atom stereocenters. The van der Waals surface area contributed by atoms with Crippen LogP contribution >= 0.6 is 0 Å². The molecule has 1 fully saturated rings. The molecule has 4 aromatic rings. The molecule has 1 aromatic heterocycles. The highest BCUT2D eigenvalue weighted by molar-refractivity contribution is 6.25. The number of phenolic OH excluding ortho intramolecular Hbond substituents is 1. The lowest BCUT2D eigenvalue weighted by atomic mass is 9.59. The molecule has 1 aliphatic heterocycles. The van der Waals surface area contributed by atoms with Crippen LogP contribution in [0.25, 0.3) is 22.6 Å². The Morgan fingerprint density at radius 2 is 1.62 bits per heavy atom. The molecule has 0 saturated carbocycles. The van der Waals surface area contributed by atoms with Crippen molar-refractivity contribution in [1.82, 2.24) is 4.98 Å². The summed E-state index contributed by atoms with van der Waals surface area (Å²) in [6, 6.07) is 17.7. The number of carbonyl (C=O) groups excluding carboxylic acids is 4. The van der Waals surface area contributed by atoms with E-state index in [1.54, 1.807) is 43.3 Å². The first-order valence-corrected chi connectivity index (χ1v) is 15.7. The number of aromatic hydroxyl groups is 1. The summed E-state index contributed by atoms with van der Waals surface area (Å²) < 4.78 is 16.7. The number of nitrogens with zero attached hydrogens (tertiary/aromatic N) is 2. The lowest BCUT2D eigenvalue weighted by Gasteiger charge is -2.42. The Labute approximate surface area is 275 Å². The van der Waals surface area contributed by atoms with E-state index in [0.717, 1.165) is 11.1 Å². The minimum Gasteiger partial charge on any atom is -0.502 e. The number of benzene rings is 3. The number of amides is 2. The molecule has 8 rings (SSSR count). The van der Waals surface area contributed by atoms with E-state index in [9.17, 15) is 24.3 Å². The van der Waals surface area contributed by atoms with E-state index in [2.05, 4.69) is 4.98 Å². The Hall–Kier alpha value is -5.77. The summed E-state index contributed by atoms with van der Waals surface area (Å²) in [7, 11) is 2.82. The van der Waals surface area contributed by atoms with Gasteiger partial charge in [0.1, 0.15) is 5.52 Å². The molecule has 240 valence electrons. The zero-order valence-electron chi connectivity index (χ0n) is 26.4. The SMILES string of the molecule is COc1cc([C@H]2C3=CC[C@@H]4C(=O)N(c5ccc(-c6nc7ccccc7o6)cc5)C(=O)[C@@H]4[C@@H]3CC3=C2C(=O)C=C(C)C3=O)cc(OC)c1O. The Kier molecular flexibility index (Phi) is 6.73. The van der Waals surface area contributed by atoms with E-state index in [0.29, 0.717) is 51.4 Å². The zero-order chi connectivity index (χ0) is 33.4. The minimum atomic E-state index is -0.735. The number of methoxy groups -OCH3 is 2. The summed E-state index contributed by atoms with van der Waals surface area (Å²) in [4.78, 5) is 61.3. The quantitative estimate of drug-likeness (QED) is 0.161. The molecule has 3 aliphatic carbocycles. The number of oxazole rings is 1. The molecule has 0 spiro atoms. The van der Waals surface area contributed by atoms with Gasteiger partial charge >= 0.3 is 0 Å². The number of rotatable bonds is 5. The number of anilines is 1. The van der Waals surface area contributed by atoms with E-state index in [-0.39, 0.29) is 47.1 Å². The van der Waals surface area contributed by atoms with Crippen molar-refractivity contribution in [2.75, 3.05) is 19.1 Å². The van der Waals surface area contributed by atoms with E-state index in [1.807, 2.05) is 30.3 Å². The number of phenols is 1. The monoisotopic (exact) mass is 642 g/mol. The Bertz CT molecular complexity index is 2130. The van der Waals surface area contributed by atoms with Gasteiger partial charge in [0.05, 0.1) is 31.7 Å². The molecular formula is C38H30N2O8. The number of hydrogen-bond donors (Lipinski definition) is 1. The number of allylic oxidation sites excluding steroid dienone is 6. The summed E-state index contributed by atoms with van der Waals surface area (Å²) in [5, 5.41) is 10.6. The summed E-state index contributed by atoms with van der Waals surface area (Å²) in [5.41, 5.74) is 4.89. The fourth-order valence-corrected chi connectivity index (χ4v) is 7.85. The number of ketones is 2. The number of aromatic nitrogens is 1. The minimum absolute atomic E-state index is 0.142. The van der Waals surface area contributed by atoms with Crippen molar-refractivity contribution < 1.29 is 38.2 Å². The average molecular weight is 643 g/mol. The first kappa shape index (κ1) is 29.6. The topological polar surface area (TPSA) is 136 Å². The molecule has 4 aliphatic rings. The first-order valence-electron chi connectivity index (χ1n) is 15.7. The van der Waals surface area contributed by atoms with E-state index < -0.39 is 23.7 Å². The van der Waals surface area contributed by atoms with Crippen LogP contribution in [0.4, 0.5) is 5.69 Å². The highest BCUT2D eigenvalue weighted by Crippen LogP contribution is 2.56. The van der Waals surface area contributed by atoms with Gasteiger partial charge in [0, 0.05) is 28.2 Å². The van der Waals surface area contributed by atoms with Gasteiger partial charge in [0.2, 0.25) is 23.5 Å². The van der Waals surface area contributed by atoms with Crippen LogP contribution in [0.1, 0.15) is 31.2 Å². The van der Waals surface area contributed by atoms with Gasteiger partial charge < -0.3 is 19.0 Å². The van der Waals surface area contributed by atoms with Crippen molar-refractivity contribution in [2.24, 2.45) is 17.8 Å². The Balaban J connectivity index is 1.18. The van der Waals surface area contributed by atoms with Crippen LogP contribution in [0, 0.1) is 17.8 Å². The number of para-hydroxylation sites is 2. The number of Topliss-reactive ketones (excluding diaryl/α,β-unsaturated/α-hetero) is 1. The fourth-order valence-electron chi connectivity index (χ4n) is 7.85. The Morgan fingerprint density at radius 1 is 0.917 bits per heavy atom. The predicted molar refractivity (Wildman–Crippen MR) is 174 cm³/mol. The van der Waals surface area contributed by atoms with Crippen LogP contribution in [-0.2, 0) is 19.2 Å². The normalized spacial score (nSPS) is 23.5. The maximum Gasteiger partial charge on any atom is 0.238 e. The fraction of sp³-hybridized carbons (Fsp3) is 0.237. The molecular weight excluding hydrogens is 612 g/mol. The highest BCUT2D eigenvalue weighted by atomic mass is 16.5. The smallest absolute Gasteiger partial charge is 0.238 e. The molecule has 0 unspecified atom stereocenters. The van der Waals surface area contributed by atoms with Gasteiger partial charge in [-0.2, -0.15) is 0 Å². The van der Waals surface area contributed by atoms with Crippen molar-refractivity contribution >= 4 is 40.2 Å². The van der Waals surface area contributed by atoms with Crippen LogP contribution in [0.15, 0.2) is 99.5 Å². The molecule has 2 amide bonds. The van der Waals surface area contributed by atoms with Crippen molar-refractivity contribution in [3.8, 4) is 28.7 Å². The van der Waals surface area contributed by atoms with Gasteiger partial charge in [-0.15, -0.1) is 0 Å². The number of hydrogen-bond acceptors (Lipinski definition) is 9. The number of carbonyl (C=O) groups is 4. The van der Waals surface area contributed by atoms with Gasteiger partial charge in [-0.3, -0.25) is 24.1 Å². The van der Waals surface area contributed by atoms with Gasteiger partial charge in [-0.05, 0) is 85.9 Å². The lowest BCUT2D eigenvalue weighted by Crippen LogP contribution is -2.39. The number of imide groups is 1. The third kappa shape index (κ3) is 4.28. The standard InChI is InChI=1S/C38H30N2O8/c1-18-14-27(41)33-25(34(18)42)17-24-22(31(33)20-15-29(46-2)35(43)30(16-20)47-3)12-13-23-32(24)38(45)40(37(23)44)21-10-8-19(9-11-21)36-39-26-6-4-5-7-28(26)48-36/h4-12,14-16,23-24,31-32,43H,13,17H2,1-3H3/t23-,24+,31-,32-/m0/s1. The van der Waals surface area contributed by atoms with Crippen LogP contribution < -0.4 is 14.4 Å². The second kappa shape index (κ2) is 10.9. The Morgan fingerprint density at radius 3 is 2.31 bits per heavy atom. The molecule has 1 saturated heterocycles. The van der Waals surface area contributed by atoms with Gasteiger partial charge in [-0.25, -0.2) is 4.98 Å². The molecule has 3 aromatic carbocycles. The van der Waals surface area contributed by atoms with Crippen LogP contribution in [0.5, 0.6) is 17.2 Å². The van der Waals surface area contributed by atoms with E-state index in [1.165, 1.54) is 25.2 Å². The lowest BCUT2D eigenvalue weighted by molar-refractivity contribution is -0.123. The first-order chi connectivity index (χ1) is 23.2. The van der Waals surface area contributed by atoms with Crippen molar-refractivity contribution in [1.29, 1.82) is 0 Å². The summed E-state index contributed by atoms with van der Waals surface area (Å²) in [6.45, 7) is 1.61. The zero-order valence-corrected chi connectivity index (χ0v) is 26.4.